The number of amides is 2. The Labute approximate surface area is 183 Å². The van der Waals surface area contributed by atoms with Gasteiger partial charge in [-0.1, -0.05) is 54.6 Å². The van der Waals surface area contributed by atoms with Crippen LogP contribution in [0.2, 0.25) is 0 Å². The van der Waals surface area contributed by atoms with Gasteiger partial charge < -0.3 is 15.1 Å². The highest BCUT2D eigenvalue weighted by Crippen LogP contribution is 2.26. The van der Waals surface area contributed by atoms with Crippen molar-refractivity contribution < 1.29 is 9.59 Å². The summed E-state index contributed by atoms with van der Waals surface area (Å²) in [5.74, 6) is 0.108. The number of carbonyl (C=O) groups excluding carboxylic acids is 2. The van der Waals surface area contributed by atoms with Crippen molar-refractivity contribution in [1.82, 2.24) is 10.2 Å². The van der Waals surface area contributed by atoms with Gasteiger partial charge in [0.2, 0.25) is 5.91 Å². The molecule has 0 bridgehead atoms. The second-order valence-electron chi connectivity index (χ2n) is 7.83. The van der Waals surface area contributed by atoms with E-state index < -0.39 is 0 Å². The van der Waals surface area contributed by atoms with Gasteiger partial charge in [-0.25, -0.2) is 0 Å². The molecule has 31 heavy (non-hydrogen) atoms. The number of hydrogen-bond acceptors (Lipinski definition) is 3. The maximum Gasteiger partial charge on any atom is 0.253 e. The van der Waals surface area contributed by atoms with Gasteiger partial charge >= 0.3 is 0 Å². The Kier molecular flexibility index (Phi) is 6.32. The lowest BCUT2D eigenvalue weighted by Crippen LogP contribution is -2.26. The van der Waals surface area contributed by atoms with Gasteiger partial charge in [-0.2, -0.15) is 0 Å². The van der Waals surface area contributed by atoms with Crippen LogP contribution in [0.4, 0.5) is 11.4 Å². The predicted molar refractivity (Wildman–Crippen MR) is 123 cm³/mol. The van der Waals surface area contributed by atoms with Crippen molar-refractivity contribution in [2.24, 2.45) is 0 Å². The number of nitrogens with zero attached hydrogens (tertiary/aromatic N) is 2. The lowest BCUT2D eigenvalue weighted by atomic mass is 10.1. The third kappa shape index (κ3) is 4.94. The maximum atomic E-state index is 13.0. The molecule has 0 unspecified atom stereocenters. The van der Waals surface area contributed by atoms with Crippen LogP contribution in [0, 0.1) is 0 Å². The fraction of sp³-hybridized carbons (Fsp3) is 0.231. The lowest BCUT2D eigenvalue weighted by molar-refractivity contribution is -0.128. The molecule has 0 aliphatic carbocycles. The minimum Gasteiger partial charge on any atom is -0.348 e. The number of benzene rings is 3. The smallest absolute Gasteiger partial charge is 0.253 e. The summed E-state index contributed by atoms with van der Waals surface area (Å²) in [4.78, 5) is 28.8. The van der Waals surface area contributed by atoms with Crippen LogP contribution in [0.3, 0.4) is 0 Å². The zero-order valence-corrected chi connectivity index (χ0v) is 17.8. The van der Waals surface area contributed by atoms with Gasteiger partial charge in [0.05, 0.1) is 11.3 Å². The third-order valence-electron chi connectivity index (χ3n) is 5.64. The van der Waals surface area contributed by atoms with Gasteiger partial charge in [-0.3, -0.25) is 9.59 Å². The number of likely N-dealkylation sites (tertiary alicyclic amines) is 1. The van der Waals surface area contributed by atoms with Crippen LogP contribution < -0.4 is 10.2 Å². The summed E-state index contributed by atoms with van der Waals surface area (Å²) >= 11 is 0. The van der Waals surface area contributed by atoms with E-state index in [0.717, 1.165) is 35.5 Å². The van der Waals surface area contributed by atoms with E-state index in [1.54, 1.807) is 0 Å². The molecule has 1 saturated heterocycles. The van der Waals surface area contributed by atoms with Crippen LogP contribution in [-0.4, -0.2) is 30.3 Å². The quantitative estimate of drug-likeness (QED) is 0.620. The summed E-state index contributed by atoms with van der Waals surface area (Å²) in [5, 5.41) is 3.05. The second kappa shape index (κ2) is 9.47. The number of anilines is 2. The summed E-state index contributed by atoms with van der Waals surface area (Å²) in [5.41, 5.74) is 4.62. The molecule has 5 nitrogen and oxygen atoms in total. The Morgan fingerprint density at radius 3 is 2.48 bits per heavy atom. The molecule has 0 atom stereocenters. The largest absolute Gasteiger partial charge is 0.348 e. The molecule has 0 aromatic heterocycles. The minimum absolute atomic E-state index is 0.112. The number of rotatable bonds is 7. The van der Waals surface area contributed by atoms with E-state index in [1.165, 1.54) is 0 Å². The van der Waals surface area contributed by atoms with Gasteiger partial charge in [-0.05, 0) is 41.8 Å². The van der Waals surface area contributed by atoms with Gasteiger partial charge in [0.15, 0.2) is 0 Å². The molecule has 0 saturated carbocycles. The molecule has 1 heterocycles. The van der Waals surface area contributed by atoms with Crippen molar-refractivity contribution >= 4 is 23.2 Å². The van der Waals surface area contributed by atoms with Crippen LogP contribution in [0.25, 0.3) is 0 Å². The van der Waals surface area contributed by atoms with Crippen LogP contribution in [0.1, 0.15) is 34.3 Å². The highest BCUT2D eigenvalue weighted by molar-refractivity contribution is 6.00. The first-order chi connectivity index (χ1) is 15.1. The minimum atomic E-state index is -0.112. The molecule has 4 rings (SSSR count). The Bertz CT molecular complexity index is 1070. The van der Waals surface area contributed by atoms with Gasteiger partial charge in [0.25, 0.3) is 5.91 Å². The Morgan fingerprint density at radius 1 is 0.968 bits per heavy atom. The van der Waals surface area contributed by atoms with Crippen molar-refractivity contribution in [2.45, 2.75) is 25.9 Å². The molecule has 3 aromatic rings. The predicted octanol–water partition coefficient (Wildman–Crippen LogP) is 4.51. The summed E-state index contributed by atoms with van der Waals surface area (Å²) in [6.45, 7) is 1.89. The SMILES string of the molecule is CN(c1ccccc1)c1ccccc1C(=O)NCc1cccc(CN2CCCC2=O)c1. The van der Waals surface area contributed by atoms with E-state index in [-0.39, 0.29) is 11.8 Å². The summed E-state index contributed by atoms with van der Waals surface area (Å²) < 4.78 is 0. The number of nitrogens with one attached hydrogen (secondary N) is 1. The van der Waals surface area contributed by atoms with Crippen molar-refractivity contribution in [1.29, 1.82) is 0 Å². The topological polar surface area (TPSA) is 52.7 Å². The monoisotopic (exact) mass is 413 g/mol. The average molecular weight is 414 g/mol. The van der Waals surface area contributed by atoms with E-state index in [4.69, 9.17) is 0 Å². The molecule has 1 N–H and O–H groups in total. The fourth-order valence-electron chi connectivity index (χ4n) is 3.96. The van der Waals surface area contributed by atoms with Crippen LogP contribution >= 0.6 is 0 Å². The fourth-order valence-corrected chi connectivity index (χ4v) is 3.96. The molecule has 2 amide bonds. The molecule has 5 heteroatoms. The van der Waals surface area contributed by atoms with E-state index >= 15 is 0 Å². The normalized spacial score (nSPS) is 13.3. The Hall–Kier alpha value is -3.60. The first-order valence-corrected chi connectivity index (χ1v) is 10.6. The maximum absolute atomic E-state index is 13.0. The third-order valence-corrected chi connectivity index (χ3v) is 5.64. The van der Waals surface area contributed by atoms with Gasteiger partial charge in [0, 0.05) is 38.8 Å². The molecule has 1 aliphatic rings. The lowest BCUT2D eigenvalue weighted by Gasteiger charge is -2.22. The summed E-state index contributed by atoms with van der Waals surface area (Å²) in [6, 6.07) is 25.7. The first kappa shape index (κ1) is 20.7. The van der Waals surface area contributed by atoms with Crippen LogP contribution in [-0.2, 0) is 17.9 Å². The second-order valence-corrected chi connectivity index (χ2v) is 7.83. The summed E-state index contributed by atoms with van der Waals surface area (Å²) in [6.07, 6.45) is 1.58. The number of carbonyl (C=O) groups is 2. The molecular weight excluding hydrogens is 386 g/mol. The van der Waals surface area contributed by atoms with Gasteiger partial charge in [-0.15, -0.1) is 0 Å². The molecular formula is C26H27N3O2. The molecule has 1 fully saturated rings. The molecule has 3 aromatic carbocycles. The standard InChI is InChI=1S/C26H27N3O2/c1-28(22-11-3-2-4-12-22)24-14-6-5-13-23(24)26(31)27-18-20-9-7-10-21(17-20)19-29-16-8-15-25(29)30/h2-7,9-14,17H,8,15-16,18-19H2,1H3,(H,27,31). The van der Waals surface area contributed by atoms with Crippen molar-refractivity contribution in [3.05, 3.63) is 95.6 Å². The van der Waals surface area contributed by atoms with Crippen molar-refractivity contribution in [3.8, 4) is 0 Å². The Balaban J connectivity index is 1.44. The zero-order valence-electron chi connectivity index (χ0n) is 17.8. The number of para-hydroxylation sites is 2. The van der Waals surface area contributed by atoms with E-state index in [2.05, 4.69) is 11.4 Å². The van der Waals surface area contributed by atoms with Crippen LogP contribution in [0.5, 0.6) is 0 Å². The molecule has 0 radical (unpaired) electrons. The molecule has 1 aliphatic heterocycles. The Morgan fingerprint density at radius 2 is 1.71 bits per heavy atom. The number of hydrogen-bond donors (Lipinski definition) is 1. The van der Waals surface area contributed by atoms with Crippen molar-refractivity contribution in [3.63, 3.8) is 0 Å². The molecule has 0 spiro atoms. The van der Waals surface area contributed by atoms with Crippen molar-refractivity contribution in [2.75, 3.05) is 18.5 Å². The first-order valence-electron chi connectivity index (χ1n) is 10.6. The van der Waals surface area contributed by atoms with Crippen LogP contribution in [0.15, 0.2) is 78.9 Å². The van der Waals surface area contributed by atoms with E-state index in [9.17, 15) is 9.59 Å². The zero-order chi connectivity index (χ0) is 21.6. The highest BCUT2D eigenvalue weighted by atomic mass is 16.2. The van der Waals surface area contributed by atoms with E-state index in [0.29, 0.717) is 25.1 Å². The highest BCUT2D eigenvalue weighted by Gasteiger charge is 2.20. The average Bonchev–Trinajstić information content (AvgIpc) is 3.22. The molecule has 158 valence electrons. The summed E-state index contributed by atoms with van der Waals surface area (Å²) in [7, 11) is 1.96. The van der Waals surface area contributed by atoms with Gasteiger partial charge in [0.1, 0.15) is 0 Å². The van der Waals surface area contributed by atoms with E-state index in [1.807, 2.05) is 89.6 Å².